The Morgan fingerprint density at radius 2 is 1.66 bits per heavy atom. The van der Waals surface area contributed by atoms with Gasteiger partial charge in [0.2, 0.25) is 0 Å². The maximum atomic E-state index is 12.8. The van der Waals surface area contributed by atoms with Gasteiger partial charge in [-0.25, -0.2) is 9.97 Å². The lowest BCUT2D eigenvalue weighted by Crippen LogP contribution is -2.40. The molecule has 0 spiro atoms. The highest BCUT2D eigenvalue weighted by Gasteiger charge is 2.32. The van der Waals surface area contributed by atoms with Crippen LogP contribution in [0.5, 0.6) is 0 Å². The summed E-state index contributed by atoms with van der Waals surface area (Å²) in [5, 5.41) is 9.60. The summed E-state index contributed by atoms with van der Waals surface area (Å²) in [6, 6.07) is 8.92. The Morgan fingerprint density at radius 3 is 2.25 bits per heavy atom. The van der Waals surface area contributed by atoms with Gasteiger partial charge < -0.3 is 15.7 Å². The van der Waals surface area contributed by atoms with Crippen LogP contribution in [-0.4, -0.2) is 50.1 Å². The van der Waals surface area contributed by atoms with E-state index in [0.29, 0.717) is 48.3 Å². The number of hydrogen-bond acceptors (Lipinski definition) is 6. The number of piperidine rings is 1. The van der Waals surface area contributed by atoms with Gasteiger partial charge in [-0.1, -0.05) is 12.1 Å². The second-order valence-corrected chi connectivity index (χ2v) is 7.52. The predicted octanol–water partition coefficient (Wildman–Crippen LogP) is 3.40. The van der Waals surface area contributed by atoms with Gasteiger partial charge in [0.05, 0.1) is 18.0 Å². The first-order valence-corrected chi connectivity index (χ1v) is 9.96. The van der Waals surface area contributed by atoms with E-state index in [1.165, 1.54) is 12.3 Å². The van der Waals surface area contributed by atoms with Gasteiger partial charge in [0, 0.05) is 36.0 Å². The smallest absolute Gasteiger partial charge is 0.393 e. The number of carbonyl (C=O) groups is 1. The lowest BCUT2D eigenvalue weighted by Gasteiger charge is -2.29. The molecule has 3 heterocycles. The molecule has 0 radical (unpaired) electrons. The van der Waals surface area contributed by atoms with Crippen molar-refractivity contribution in [2.24, 2.45) is 0 Å². The molecule has 32 heavy (non-hydrogen) atoms. The topological polar surface area (TPSA) is 105 Å². The Balaban J connectivity index is 1.56. The second-order valence-electron chi connectivity index (χ2n) is 7.52. The number of alkyl halides is 3. The number of aliphatic hydroxyl groups excluding tert-OH is 1. The number of amides is 1. The highest BCUT2D eigenvalue weighted by Crippen LogP contribution is 2.30. The van der Waals surface area contributed by atoms with E-state index in [4.69, 9.17) is 5.73 Å². The number of aromatic nitrogens is 3. The number of halogens is 3. The number of pyridine rings is 1. The van der Waals surface area contributed by atoms with Crippen molar-refractivity contribution >= 4 is 11.7 Å². The van der Waals surface area contributed by atoms with Crippen LogP contribution in [0.25, 0.3) is 22.5 Å². The fourth-order valence-electron chi connectivity index (χ4n) is 3.49. The van der Waals surface area contributed by atoms with Gasteiger partial charge in [-0.15, -0.1) is 0 Å². The van der Waals surface area contributed by atoms with E-state index >= 15 is 0 Å². The summed E-state index contributed by atoms with van der Waals surface area (Å²) in [4.78, 5) is 26.4. The normalized spacial score (nSPS) is 15.1. The Kier molecular flexibility index (Phi) is 5.79. The first-order chi connectivity index (χ1) is 15.2. The van der Waals surface area contributed by atoms with Crippen LogP contribution in [0.15, 0.2) is 48.8 Å². The molecule has 1 fully saturated rings. The monoisotopic (exact) mass is 443 g/mol. The molecule has 0 aliphatic carbocycles. The molecule has 4 rings (SSSR count). The number of aliphatic hydroxyl groups is 1. The fraction of sp³-hybridized carbons (Fsp3) is 0.273. The summed E-state index contributed by atoms with van der Waals surface area (Å²) in [6.07, 6.45) is -1.26. The van der Waals surface area contributed by atoms with Gasteiger partial charge in [0.25, 0.3) is 5.91 Å². The zero-order chi connectivity index (χ0) is 22.9. The number of nitrogen functional groups attached to an aromatic ring is 1. The third kappa shape index (κ3) is 4.54. The molecule has 0 saturated carbocycles. The average Bonchev–Trinajstić information content (AvgIpc) is 2.79. The van der Waals surface area contributed by atoms with Gasteiger partial charge in [-0.2, -0.15) is 13.2 Å². The number of nitrogens with two attached hydrogens (primary N) is 1. The number of anilines is 1. The molecular formula is C22H20F3N5O2. The molecule has 3 aromatic rings. The molecule has 0 unspecified atom stereocenters. The molecule has 1 saturated heterocycles. The van der Waals surface area contributed by atoms with Gasteiger partial charge in [0.15, 0.2) is 0 Å². The fourth-order valence-corrected chi connectivity index (χ4v) is 3.49. The van der Waals surface area contributed by atoms with Crippen LogP contribution in [0.4, 0.5) is 19.0 Å². The van der Waals surface area contributed by atoms with Gasteiger partial charge in [0.1, 0.15) is 17.2 Å². The van der Waals surface area contributed by atoms with Crippen LogP contribution in [0.2, 0.25) is 0 Å². The second kappa shape index (κ2) is 8.54. The summed E-state index contributed by atoms with van der Waals surface area (Å²) < 4.78 is 38.3. The van der Waals surface area contributed by atoms with Crippen molar-refractivity contribution in [3.63, 3.8) is 0 Å². The van der Waals surface area contributed by atoms with E-state index in [9.17, 15) is 23.1 Å². The standard InChI is InChI=1S/C22H20F3N5O2/c23-22(24,25)18-6-5-15(11-27-18)19-20(26)28-12-17(29-19)13-1-3-14(4-2-13)21(32)30-9-7-16(31)8-10-30/h1-6,11-12,16,31H,7-10H2,(H2,26,28). The molecule has 2 aromatic heterocycles. The molecule has 0 bridgehead atoms. The van der Waals surface area contributed by atoms with E-state index in [0.717, 1.165) is 12.3 Å². The predicted molar refractivity (Wildman–Crippen MR) is 111 cm³/mol. The Hall–Kier alpha value is -3.53. The van der Waals surface area contributed by atoms with E-state index in [2.05, 4.69) is 15.0 Å². The van der Waals surface area contributed by atoms with Crippen LogP contribution in [-0.2, 0) is 6.18 Å². The summed E-state index contributed by atoms with van der Waals surface area (Å²) >= 11 is 0. The quantitative estimate of drug-likeness (QED) is 0.643. The van der Waals surface area contributed by atoms with E-state index < -0.39 is 11.9 Å². The van der Waals surface area contributed by atoms with Crippen LogP contribution in [0.1, 0.15) is 28.9 Å². The molecular weight excluding hydrogens is 423 g/mol. The van der Waals surface area contributed by atoms with Crippen LogP contribution in [0.3, 0.4) is 0 Å². The van der Waals surface area contributed by atoms with Crippen molar-refractivity contribution < 1.29 is 23.1 Å². The SMILES string of the molecule is Nc1ncc(-c2ccc(C(=O)N3CCC(O)CC3)cc2)nc1-c1ccc(C(F)(F)F)nc1. The van der Waals surface area contributed by atoms with Crippen LogP contribution < -0.4 is 5.73 Å². The summed E-state index contributed by atoms with van der Waals surface area (Å²) in [6.45, 7) is 1.02. The summed E-state index contributed by atoms with van der Waals surface area (Å²) in [7, 11) is 0. The van der Waals surface area contributed by atoms with Crippen molar-refractivity contribution in [3.8, 4) is 22.5 Å². The number of carbonyl (C=O) groups excluding carboxylic acids is 1. The van der Waals surface area contributed by atoms with E-state index in [-0.39, 0.29) is 23.5 Å². The van der Waals surface area contributed by atoms with Crippen LogP contribution in [0, 0.1) is 0 Å². The Bertz CT molecular complexity index is 1110. The lowest BCUT2D eigenvalue weighted by molar-refractivity contribution is -0.141. The first kappa shape index (κ1) is 21.7. The summed E-state index contributed by atoms with van der Waals surface area (Å²) in [5.74, 6) is -0.0437. The van der Waals surface area contributed by atoms with Crippen molar-refractivity contribution in [3.05, 3.63) is 60.0 Å². The minimum atomic E-state index is -4.54. The highest BCUT2D eigenvalue weighted by atomic mass is 19.4. The molecule has 1 aliphatic heterocycles. The van der Waals surface area contributed by atoms with Gasteiger partial charge in [-0.05, 0) is 37.1 Å². The molecule has 1 aliphatic rings. The minimum absolute atomic E-state index is 0.0643. The third-order valence-corrected chi connectivity index (χ3v) is 5.31. The lowest BCUT2D eigenvalue weighted by atomic mass is 10.0. The summed E-state index contributed by atoms with van der Waals surface area (Å²) in [5.41, 5.74) is 7.05. The molecule has 0 atom stereocenters. The van der Waals surface area contributed by atoms with Crippen molar-refractivity contribution in [2.75, 3.05) is 18.8 Å². The molecule has 1 amide bonds. The maximum Gasteiger partial charge on any atom is 0.433 e. The molecule has 3 N–H and O–H groups in total. The number of nitrogens with zero attached hydrogens (tertiary/aromatic N) is 4. The zero-order valence-electron chi connectivity index (χ0n) is 16.9. The van der Waals surface area contributed by atoms with Gasteiger partial charge >= 0.3 is 6.18 Å². The first-order valence-electron chi connectivity index (χ1n) is 9.96. The van der Waals surface area contributed by atoms with Crippen LogP contribution >= 0.6 is 0 Å². The number of benzene rings is 1. The van der Waals surface area contributed by atoms with Gasteiger partial charge in [-0.3, -0.25) is 9.78 Å². The molecule has 7 nitrogen and oxygen atoms in total. The average molecular weight is 443 g/mol. The van der Waals surface area contributed by atoms with E-state index in [1.807, 2.05) is 0 Å². The number of likely N-dealkylation sites (tertiary alicyclic amines) is 1. The Labute approximate surface area is 181 Å². The highest BCUT2D eigenvalue weighted by molar-refractivity contribution is 5.94. The zero-order valence-corrected chi connectivity index (χ0v) is 16.9. The molecule has 10 heteroatoms. The number of hydrogen-bond donors (Lipinski definition) is 2. The third-order valence-electron chi connectivity index (χ3n) is 5.31. The maximum absolute atomic E-state index is 12.8. The Morgan fingerprint density at radius 1 is 1.00 bits per heavy atom. The van der Waals surface area contributed by atoms with Crippen molar-refractivity contribution in [1.29, 1.82) is 0 Å². The number of rotatable bonds is 3. The molecule has 1 aromatic carbocycles. The van der Waals surface area contributed by atoms with Crippen molar-refractivity contribution in [1.82, 2.24) is 19.9 Å². The molecule has 166 valence electrons. The van der Waals surface area contributed by atoms with Crippen molar-refractivity contribution in [2.45, 2.75) is 25.1 Å². The van der Waals surface area contributed by atoms with E-state index in [1.54, 1.807) is 29.2 Å². The largest absolute Gasteiger partial charge is 0.433 e. The minimum Gasteiger partial charge on any atom is -0.393 e.